The number of hydrogen-bond acceptors (Lipinski definition) is 4. The minimum Gasteiger partial charge on any atom is -0.395 e. The van der Waals surface area contributed by atoms with Crippen LogP contribution in [-0.4, -0.2) is 24.6 Å². The third kappa shape index (κ3) is 2.94. The molecule has 1 unspecified atom stereocenters. The van der Waals surface area contributed by atoms with Crippen molar-refractivity contribution in [3.8, 4) is 0 Å². The number of nitrogens with zero attached hydrogens (tertiary/aromatic N) is 1. The normalized spacial score (nSPS) is 44.1. The summed E-state index contributed by atoms with van der Waals surface area (Å²) in [5.41, 5.74) is 6.39. The quantitative estimate of drug-likeness (QED) is 0.558. The van der Waals surface area contributed by atoms with Crippen molar-refractivity contribution >= 4 is 11.5 Å². The zero-order valence-electron chi connectivity index (χ0n) is 17.0. The molecule has 6 atom stereocenters. The van der Waals surface area contributed by atoms with E-state index in [0.717, 1.165) is 44.2 Å². The summed E-state index contributed by atoms with van der Waals surface area (Å²) in [5, 5.41) is 4.23. The van der Waals surface area contributed by atoms with Gasteiger partial charge < -0.3 is 10.6 Å². The highest BCUT2D eigenvalue weighted by Gasteiger charge is 2.62. The number of halogens is 2. The lowest BCUT2D eigenvalue weighted by molar-refractivity contribution is -0.133. The van der Waals surface area contributed by atoms with Crippen molar-refractivity contribution in [1.29, 1.82) is 0 Å². The first-order valence-electron chi connectivity index (χ1n) is 10.8. The largest absolute Gasteiger partial charge is 0.395 e. The molecule has 4 aliphatic carbocycles. The first kappa shape index (κ1) is 20.0. The minimum atomic E-state index is -1.51. The maximum absolute atomic E-state index is 14.1. The van der Waals surface area contributed by atoms with E-state index in [1.165, 1.54) is 0 Å². The van der Waals surface area contributed by atoms with Gasteiger partial charge in [-0.1, -0.05) is 19.0 Å². The standard InChI is InChI=1S/C22H32F2N2O2/c1-21-7-5-14(26-28-10-9-25)11-13(21)12-15(20(23)24)19-16-3-4-18(27)22(16,2)8-6-17(19)21/h13,16-17,19H,3-12,25H2,1-2H3/b26-14-/t13?,16-,17-,19-,21-,22-/m0/s1. The molecule has 4 fully saturated rings. The summed E-state index contributed by atoms with van der Waals surface area (Å²) in [6.45, 7) is 5.14. The lowest BCUT2D eigenvalue weighted by atomic mass is 9.44. The summed E-state index contributed by atoms with van der Waals surface area (Å²) in [6, 6.07) is 0. The molecule has 0 amide bonds. The van der Waals surface area contributed by atoms with Gasteiger partial charge in [0.15, 0.2) is 0 Å². The number of Topliss-reactive ketones (excluding diaryl/α,β-unsaturated/α-hetero) is 1. The molecule has 0 aromatic heterocycles. The molecule has 0 radical (unpaired) electrons. The van der Waals surface area contributed by atoms with Crippen molar-refractivity contribution < 1.29 is 18.4 Å². The highest BCUT2D eigenvalue weighted by molar-refractivity contribution is 5.87. The van der Waals surface area contributed by atoms with Crippen LogP contribution in [0.4, 0.5) is 8.78 Å². The van der Waals surface area contributed by atoms with Crippen LogP contribution in [0.2, 0.25) is 0 Å². The predicted molar refractivity (Wildman–Crippen MR) is 104 cm³/mol. The molecule has 28 heavy (non-hydrogen) atoms. The monoisotopic (exact) mass is 394 g/mol. The summed E-state index contributed by atoms with van der Waals surface area (Å²) in [5.74, 6) is 0.635. The third-order valence-corrected chi connectivity index (χ3v) is 8.71. The van der Waals surface area contributed by atoms with Crippen LogP contribution in [0, 0.1) is 34.5 Å². The van der Waals surface area contributed by atoms with Gasteiger partial charge in [-0.05, 0) is 79.6 Å². The van der Waals surface area contributed by atoms with Gasteiger partial charge in [0, 0.05) is 18.4 Å². The van der Waals surface area contributed by atoms with E-state index in [1.54, 1.807) is 0 Å². The van der Waals surface area contributed by atoms with E-state index < -0.39 is 11.5 Å². The third-order valence-electron chi connectivity index (χ3n) is 8.71. The molecule has 0 aromatic rings. The average Bonchev–Trinajstić information content (AvgIpc) is 2.96. The Hall–Kier alpha value is -1.30. The van der Waals surface area contributed by atoms with E-state index in [4.69, 9.17) is 10.6 Å². The van der Waals surface area contributed by atoms with Crippen molar-refractivity contribution in [3.63, 3.8) is 0 Å². The van der Waals surface area contributed by atoms with Gasteiger partial charge in [-0.3, -0.25) is 4.79 Å². The van der Waals surface area contributed by atoms with Gasteiger partial charge in [-0.2, -0.15) is 8.78 Å². The molecule has 4 aliphatic rings. The Morgan fingerprint density at radius 2 is 1.96 bits per heavy atom. The van der Waals surface area contributed by atoms with Crippen molar-refractivity contribution in [1.82, 2.24) is 0 Å². The lowest BCUT2D eigenvalue weighted by Gasteiger charge is -2.60. The maximum atomic E-state index is 14.1. The number of hydrogen-bond donors (Lipinski definition) is 1. The van der Waals surface area contributed by atoms with Gasteiger partial charge in [-0.15, -0.1) is 0 Å². The molecule has 4 saturated carbocycles. The van der Waals surface area contributed by atoms with E-state index in [1.807, 2.05) is 6.92 Å². The topological polar surface area (TPSA) is 64.7 Å². The van der Waals surface area contributed by atoms with Crippen LogP contribution in [0.25, 0.3) is 0 Å². The molecule has 6 heteroatoms. The fourth-order valence-electron chi connectivity index (χ4n) is 7.05. The smallest absolute Gasteiger partial charge is 0.269 e. The molecule has 0 aromatic carbocycles. The number of rotatable bonds is 3. The second-order valence-corrected chi connectivity index (χ2v) is 9.83. The number of carbonyl (C=O) groups is 1. The zero-order chi connectivity index (χ0) is 20.1. The first-order valence-corrected chi connectivity index (χ1v) is 10.8. The molecular formula is C22H32F2N2O2. The average molecular weight is 395 g/mol. The van der Waals surface area contributed by atoms with Gasteiger partial charge >= 0.3 is 0 Å². The Balaban J connectivity index is 1.65. The van der Waals surface area contributed by atoms with Crippen LogP contribution in [0.1, 0.15) is 65.2 Å². The Morgan fingerprint density at radius 1 is 1.18 bits per heavy atom. The predicted octanol–water partition coefficient (Wildman–Crippen LogP) is 4.69. The Labute approximate surface area is 165 Å². The number of ketones is 1. The number of nitrogens with two attached hydrogens (primary N) is 1. The van der Waals surface area contributed by atoms with Crippen molar-refractivity contribution in [2.24, 2.45) is 45.4 Å². The van der Waals surface area contributed by atoms with Crippen molar-refractivity contribution in [3.05, 3.63) is 11.7 Å². The van der Waals surface area contributed by atoms with Gasteiger partial charge in [-0.25, -0.2) is 0 Å². The van der Waals surface area contributed by atoms with Crippen LogP contribution in [0.3, 0.4) is 0 Å². The van der Waals surface area contributed by atoms with Crippen LogP contribution in [0.5, 0.6) is 0 Å². The van der Waals surface area contributed by atoms with E-state index in [-0.39, 0.29) is 34.9 Å². The highest BCUT2D eigenvalue weighted by Crippen LogP contribution is 2.67. The SMILES string of the molecule is C[C@]12CC/C(=N/OCCN)CC1CC(=C(F)F)[C@@H]1[C@@H]2CC[C@]2(C)C(=O)CC[C@@H]12. The molecule has 4 rings (SSSR count). The van der Waals surface area contributed by atoms with E-state index in [0.29, 0.717) is 31.6 Å². The van der Waals surface area contributed by atoms with Crippen LogP contribution in [0.15, 0.2) is 16.8 Å². The molecule has 4 nitrogen and oxygen atoms in total. The second-order valence-electron chi connectivity index (χ2n) is 9.83. The van der Waals surface area contributed by atoms with E-state index in [2.05, 4.69) is 12.1 Å². The summed E-state index contributed by atoms with van der Waals surface area (Å²) >= 11 is 0. The Bertz CT molecular complexity index is 717. The van der Waals surface area contributed by atoms with Gasteiger partial charge in [0.25, 0.3) is 6.08 Å². The van der Waals surface area contributed by atoms with Gasteiger partial charge in [0.1, 0.15) is 12.4 Å². The number of fused-ring (bicyclic) bond motifs is 5. The molecular weight excluding hydrogens is 362 g/mol. The Kier molecular flexibility index (Phi) is 5.13. The number of oxime groups is 1. The van der Waals surface area contributed by atoms with Gasteiger partial charge in [0.05, 0.1) is 5.71 Å². The summed E-state index contributed by atoms with van der Waals surface area (Å²) in [6.07, 6.45) is 4.52. The summed E-state index contributed by atoms with van der Waals surface area (Å²) in [7, 11) is 0. The van der Waals surface area contributed by atoms with E-state index in [9.17, 15) is 13.6 Å². The molecule has 0 saturated heterocycles. The molecule has 0 bridgehead atoms. The summed E-state index contributed by atoms with van der Waals surface area (Å²) in [4.78, 5) is 17.8. The number of allylic oxidation sites excluding steroid dienone is 1. The fraction of sp³-hybridized carbons (Fsp3) is 0.818. The molecule has 0 heterocycles. The molecule has 2 N–H and O–H groups in total. The highest BCUT2D eigenvalue weighted by atomic mass is 19.3. The van der Waals surface area contributed by atoms with Crippen LogP contribution >= 0.6 is 0 Å². The Morgan fingerprint density at radius 3 is 2.68 bits per heavy atom. The first-order chi connectivity index (χ1) is 13.3. The molecule has 0 aliphatic heterocycles. The fourth-order valence-corrected chi connectivity index (χ4v) is 7.05. The van der Waals surface area contributed by atoms with Crippen LogP contribution in [-0.2, 0) is 9.63 Å². The van der Waals surface area contributed by atoms with Crippen LogP contribution < -0.4 is 5.73 Å². The van der Waals surface area contributed by atoms with Crippen molar-refractivity contribution in [2.75, 3.05) is 13.2 Å². The number of carbonyl (C=O) groups excluding carboxylic acids is 1. The lowest BCUT2D eigenvalue weighted by Crippen LogP contribution is -2.54. The second kappa shape index (κ2) is 7.19. The van der Waals surface area contributed by atoms with Crippen molar-refractivity contribution in [2.45, 2.75) is 65.2 Å². The zero-order valence-corrected chi connectivity index (χ0v) is 17.0. The molecule has 156 valence electrons. The van der Waals surface area contributed by atoms with Gasteiger partial charge in [0.2, 0.25) is 0 Å². The minimum absolute atomic E-state index is 0.0312. The van der Waals surface area contributed by atoms with E-state index >= 15 is 0 Å². The molecule has 0 spiro atoms. The summed E-state index contributed by atoms with van der Waals surface area (Å²) < 4.78 is 28.3. The maximum Gasteiger partial charge on any atom is 0.269 e.